The number of aliphatic hydroxyl groups is 1. The fourth-order valence-corrected chi connectivity index (χ4v) is 3.94. The zero-order valence-electron chi connectivity index (χ0n) is 14.5. The number of nitrogens with zero attached hydrogens (tertiary/aromatic N) is 2. The van der Waals surface area contributed by atoms with Crippen molar-refractivity contribution in [1.29, 1.82) is 0 Å². The van der Waals surface area contributed by atoms with Gasteiger partial charge in [-0.05, 0) is 31.4 Å². The normalized spacial score (nSPS) is 12.7. The minimum atomic E-state index is -0.365. The summed E-state index contributed by atoms with van der Waals surface area (Å²) in [5.74, 6) is 0.666. The van der Waals surface area contributed by atoms with E-state index >= 15 is 0 Å². The highest BCUT2D eigenvalue weighted by molar-refractivity contribution is 8.00. The second-order valence-corrected chi connectivity index (χ2v) is 6.89. The predicted octanol–water partition coefficient (Wildman–Crippen LogP) is 1.46. The van der Waals surface area contributed by atoms with Crippen LogP contribution in [0.1, 0.15) is 17.7 Å². The largest absolute Gasteiger partial charge is 0.497 e. The number of benzene rings is 1. The van der Waals surface area contributed by atoms with Crippen LogP contribution in [-0.2, 0) is 24.2 Å². The molecule has 3 rings (SSSR count). The first kappa shape index (κ1) is 18.5. The highest BCUT2D eigenvalue weighted by atomic mass is 32.2. The van der Waals surface area contributed by atoms with Crippen LogP contribution < -0.4 is 15.7 Å². The number of carbonyl (C=O) groups is 1. The van der Waals surface area contributed by atoms with Gasteiger partial charge >= 0.3 is 5.69 Å². The highest BCUT2D eigenvalue weighted by Crippen LogP contribution is 2.29. The van der Waals surface area contributed by atoms with Crippen LogP contribution in [0.4, 0.5) is 5.69 Å². The Morgan fingerprint density at radius 1 is 1.42 bits per heavy atom. The van der Waals surface area contributed by atoms with Crippen LogP contribution >= 0.6 is 11.8 Å². The average molecular weight is 375 g/mol. The van der Waals surface area contributed by atoms with Crippen molar-refractivity contribution in [3.8, 4) is 5.75 Å². The molecule has 0 saturated carbocycles. The van der Waals surface area contributed by atoms with Crippen molar-refractivity contribution in [2.45, 2.75) is 30.8 Å². The van der Waals surface area contributed by atoms with Gasteiger partial charge in [-0.3, -0.25) is 9.36 Å². The predicted molar refractivity (Wildman–Crippen MR) is 100.0 cm³/mol. The summed E-state index contributed by atoms with van der Waals surface area (Å²) in [6.45, 7) is 0.166. The van der Waals surface area contributed by atoms with Crippen molar-refractivity contribution in [2.24, 2.45) is 0 Å². The Kier molecular flexibility index (Phi) is 5.95. The van der Waals surface area contributed by atoms with Gasteiger partial charge in [-0.1, -0.05) is 17.8 Å². The molecule has 1 amide bonds. The molecule has 2 N–H and O–H groups in total. The van der Waals surface area contributed by atoms with Gasteiger partial charge in [-0.25, -0.2) is 4.79 Å². The van der Waals surface area contributed by atoms with Crippen molar-refractivity contribution in [3.63, 3.8) is 0 Å². The number of thioether (sulfide) groups is 1. The average Bonchev–Trinajstić information content (AvgIpc) is 3.12. The van der Waals surface area contributed by atoms with Crippen molar-refractivity contribution >= 4 is 23.4 Å². The first-order chi connectivity index (χ1) is 12.6. The lowest BCUT2D eigenvalue weighted by molar-refractivity contribution is -0.113. The van der Waals surface area contributed by atoms with Crippen LogP contribution in [0.2, 0.25) is 0 Å². The lowest BCUT2D eigenvalue weighted by Crippen LogP contribution is -2.28. The van der Waals surface area contributed by atoms with E-state index in [1.807, 2.05) is 0 Å². The number of nitrogens with one attached hydrogen (secondary N) is 1. The molecule has 8 heteroatoms. The molecule has 1 aliphatic carbocycles. The highest BCUT2D eigenvalue weighted by Gasteiger charge is 2.22. The number of carbonyl (C=O) groups excluding carboxylic acids is 1. The van der Waals surface area contributed by atoms with Gasteiger partial charge in [0.15, 0.2) is 0 Å². The third-order valence-corrected chi connectivity index (χ3v) is 5.24. The second kappa shape index (κ2) is 8.37. The molecule has 0 radical (unpaired) electrons. The maximum Gasteiger partial charge on any atom is 0.348 e. The summed E-state index contributed by atoms with van der Waals surface area (Å²) in [6, 6.07) is 7.14. The molecule has 0 fully saturated rings. The van der Waals surface area contributed by atoms with E-state index in [2.05, 4.69) is 10.3 Å². The van der Waals surface area contributed by atoms with Crippen molar-refractivity contribution in [1.82, 2.24) is 9.55 Å². The number of aromatic nitrogens is 2. The maximum absolute atomic E-state index is 12.2. The number of hydrogen-bond donors (Lipinski definition) is 2. The zero-order valence-corrected chi connectivity index (χ0v) is 15.3. The third-order valence-electron chi connectivity index (χ3n) is 4.22. The first-order valence-electron chi connectivity index (χ1n) is 8.42. The van der Waals surface area contributed by atoms with Crippen LogP contribution in [0, 0.1) is 0 Å². The van der Waals surface area contributed by atoms with E-state index in [4.69, 9.17) is 9.84 Å². The number of ether oxygens (including phenoxy) is 1. The van der Waals surface area contributed by atoms with Crippen LogP contribution in [0.15, 0.2) is 34.1 Å². The topological polar surface area (TPSA) is 93.5 Å². The molecule has 1 aromatic heterocycles. The van der Waals surface area contributed by atoms with Gasteiger partial charge in [0.25, 0.3) is 0 Å². The SMILES string of the molecule is COc1cccc(NC(=O)CSc2nc(=O)n(CCO)c3c2CCC3)c1. The summed E-state index contributed by atoms with van der Waals surface area (Å²) >= 11 is 1.27. The Bertz CT molecular complexity index is 866. The van der Waals surface area contributed by atoms with Gasteiger partial charge in [0, 0.05) is 23.0 Å². The smallest absolute Gasteiger partial charge is 0.348 e. The molecule has 1 aromatic carbocycles. The summed E-state index contributed by atoms with van der Waals surface area (Å²) in [4.78, 5) is 28.6. The van der Waals surface area contributed by atoms with E-state index in [0.717, 1.165) is 30.5 Å². The van der Waals surface area contributed by atoms with Crippen molar-refractivity contribution < 1.29 is 14.6 Å². The Morgan fingerprint density at radius 2 is 2.27 bits per heavy atom. The Balaban J connectivity index is 1.70. The monoisotopic (exact) mass is 375 g/mol. The maximum atomic E-state index is 12.2. The molecule has 26 heavy (non-hydrogen) atoms. The van der Waals surface area contributed by atoms with E-state index in [1.165, 1.54) is 11.8 Å². The molecule has 0 aliphatic heterocycles. The molecule has 0 unspecified atom stereocenters. The van der Waals surface area contributed by atoms with Crippen LogP contribution in [-0.4, -0.2) is 40.0 Å². The number of fused-ring (bicyclic) bond motifs is 1. The van der Waals surface area contributed by atoms with Crippen LogP contribution in [0.25, 0.3) is 0 Å². The molecule has 0 spiro atoms. The van der Waals surface area contributed by atoms with Gasteiger partial charge < -0.3 is 15.2 Å². The van der Waals surface area contributed by atoms with Gasteiger partial charge in [0.1, 0.15) is 10.8 Å². The van der Waals surface area contributed by atoms with E-state index in [0.29, 0.717) is 16.5 Å². The summed E-state index contributed by atoms with van der Waals surface area (Å²) in [5, 5.41) is 12.6. The number of aliphatic hydroxyl groups excluding tert-OH is 1. The van der Waals surface area contributed by atoms with Crippen molar-refractivity contribution in [2.75, 3.05) is 24.8 Å². The number of amides is 1. The standard InChI is InChI=1S/C18H21N3O4S/c1-25-13-5-2-4-12(10-13)19-16(23)11-26-17-14-6-3-7-15(14)21(8-9-22)18(24)20-17/h2,4-5,10,22H,3,6-9,11H2,1H3,(H,19,23). The van der Waals surface area contributed by atoms with Crippen molar-refractivity contribution in [3.05, 3.63) is 46.0 Å². The zero-order chi connectivity index (χ0) is 18.5. The minimum absolute atomic E-state index is 0.0938. The lowest BCUT2D eigenvalue weighted by Gasteiger charge is -2.13. The van der Waals surface area contributed by atoms with Gasteiger partial charge in [-0.2, -0.15) is 4.98 Å². The molecule has 2 aromatic rings. The van der Waals surface area contributed by atoms with E-state index in [9.17, 15) is 9.59 Å². The molecule has 0 atom stereocenters. The second-order valence-electron chi connectivity index (χ2n) is 5.92. The molecule has 7 nitrogen and oxygen atoms in total. The Hall–Kier alpha value is -2.32. The summed E-state index contributed by atoms with van der Waals surface area (Å²) in [7, 11) is 1.57. The minimum Gasteiger partial charge on any atom is -0.497 e. The summed E-state index contributed by atoms with van der Waals surface area (Å²) in [6.07, 6.45) is 2.60. The van der Waals surface area contributed by atoms with E-state index in [1.54, 1.807) is 35.9 Å². The molecule has 1 heterocycles. The van der Waals surface area contributed by atoms with Gasteiger partial charge in [-0.15, -0.1) is 0 Å². The molecular formula is C18H21N3O4S. The van der Waals surface area contributed by atoms with Gasteiger partial charge in [0.2, 0.25) is 5.91 Å². The Labute approximate surface area is 155 Å². The number of methoxy groups -OCH3 is 1. The fraction of sp³-hybridized carbons (Fsp3) is 0.389. The summed E-state index contributed by atoms with van der Waals surface area (Å²) < 4.78 is 6.68. The molecular weight excluding hydrogens is 354 g/mol. The van der Waals surface area contributed by atoms with E-state index < -0.39 is 0 Å². The number of rotatable bonds is 7. The van der Waals surface area contributed by atoms with Crippen LogP contribution in [0.3, 0.4) is 0 Å². The van der Waals surface area contributed by atoms with Crippen LogP contribution in [0.5, 0.6) is 5.75 Å². The molecule has 0 bridgehead atoms. The molecule has 138 valence electrons. The molecule has 1 aliphatic rings. The third kappa shape index (κ3) is 4.08. The fourth-order valence-electron chi connectivity index (χ4n) is 3.07. The number of hydrogen-bond acceptors (Lipinski definition) is 6. The Morgan fingerprint density at radius 3 is 3.04 bits per heavy atom. The quantitative estimate of drug-likeness (QED) is 0.562. The summed E-state index contributed by atoms with van der Waals surface area (Å²) in [5.41, 5.74) is 2.26. The van der Waals surface area contributed by atoms with Gasteiger partial charge in [0.05, 0.1) is 26.0 Å². The first-order valence-corrected chi connectivity index (χ1v) is 9.41. The lowest BCUT2D eigenvalue weighted by atomic mass is 10.2. The molecule has 0 saturated heterocycles. The number of anilines is 1. The van der Waals surface area contributed by atoms with E-state index in [-0.39, 0.29) is 30.5 Å².